The molecule has 0 unspecified atom stereocenters. The summed E-state index contributed by atoms with van der Waals surface area (Å²) in [4.78, 5) is 4.13. The summed E-state index contributed by atoms with van der Waals surface area (Å²) >= 11 is 0. The third kappa shape index (κ3) is 3.27. The Balaban J connectivity index is 0. The number of nitrogens with zero attached hydrogens (tertiary/aromatic N) is 2. The molecule has 1 radical (unpaired) electrons. The molecule has 0 saturated heterocycles. The van der Waals surface area contributed by atoms with E-state index in [9.17, 15) is 0 Å². The first-order chi connectivity index (χ1) is 4.88. The number of pyridine rings is 1. The minimum atomic E-state index is 0. The van der Waals surface area contributed by atoms with Gasteiger partial charge in [-0.3, -0.25) is 4.98 Å². The van der Waals surface area contributed by atoms with Gasteiger partial charge in [-0.05, 0) is 6.92 Å². The zero-order chi connectivity index (χ0) is 6.97. The Morgan fingerprint density at radius 2 is 2.15 bits per heavy atom. The molecule has 0 bridgehead atoms. The van der Waals surface area contributed by atoms with Crippen molar-refractivity contribution in [3.8, 4) is 0 Å². The summed E-state index contributed by atoms with van der Waals surface area (Å²) in [6.45, 7) is 2.02. The van der Waals surface area contributed by atoms with Crippen LogP contribution in [-0.2, 0) is 53.8 Å². The minimum Gasteiger partial charge on any atom is -0.358 e. The van der Waals surface area contributed by atoms with Crippen LogP contribution in [-0.4, -0.2) is 9.38 Å². The van der Waals surface area contributed by atoms with Gasteiger partial charge in [0.2, 0.25) is 0 Å². The largest absolute Gasteiger partial charge is 2.00 e. The molecule has 13 heavy (non-hydrogen) atoms. The van der Waals surface area contributed by atoms with Crippen LogP contribution in [0.4, 0.5) is 0 Å². The number of aromatic nitrogens is 2. The van der Waals surface area contributed by atoms with Crippen molar-refractivity contribution >= 4 is 5.65 Å². The molecule has 0 N–H and O–H groups in total. The molecule has 0 amide bonds. The van der Waals surface area contributed by atoms with Crippen molar-refractivity contribution in [3.63, 3.8) is 0 Å². The molecule has 0 spiro atoms. The average molecular weight is 419 g/mol. The monoisotopic (exact) mass is 419 g/mol. The molecule has 0 saturated carbocycles. The van der Waals surface area contributed by atoms with Gasteiger partial charge >= 0.3 is 21.1 Å². The molecule has 0 aliphatic carbocycles. The van der Waals surface area contributed by atoms with E-state index >= 15 is 0 Å². The van der Waals surface area contributed by atoms with Crippen molar-refractivity contribution in [2.45, 2.75) is 6.92 Å². The molecule has 2 aromatic heterocycles. The summed E-state index contributed by atoms with van der Waals surface area (Å²) in [5, 5.41) is 0. The van der Waals surface area contributed by atoms with E-state index in [2.05, 4.69) is 11.1 Å². The minimum absolute atomic E-state index is 0. The number of rotatable bonds is 0. The summed E-state index contributed by atoms with van der Waals surface area (Å²) < 4.78 is 2.00. The maximum Gasteiger partial charge on any atom is 2.00 e. The van der Waals surface area contributed by atoms with E-state index in [0.29, 0.717) is 0 Å². The smallest absolute Gasteiger partial charge is 0.358 e. The summed E-state index contributed by atoms with van der Waals surface area (Å²) in [5.41, 5.74) is 2.03. The van der Waals surface area contributed by atoms with E-state index < -0.39 is 0 Å². The second-order valence-electron chi connectivity index (χ2n) is 2.25. The molecule has 2 heterocycles. The van der Waals surface area contributed by atoms with Gasteiger partial charge in [-0.25, -0.2) is 12.1 Å². The van der Waals surface area contributed by atoms with Crippen LogP contribution in [0.5, 0.6) is 0 Å². The summed E-state index contributed by atoms with van der Waals surface area (Å²) in [7, 11) is 0. The maximum absolute atomic E-state index is 4.13. The third-order valence-corrected chi connectivity index (χ3v) is 1.53. The first-order valence-corrected chi connectivity index (χ1v) is 3.18. The number of fused-ring (bicyclic) bond motifs is 1. The molecule has 65 valence electrons. The van der Waals surface area contributed by atoms with Crippen molar-refractivity contribution in [1.29, 1.82) is 0 Å². The van der Waals surface area contributed by atoms with E-state index in [-0.39, 0.29) is 61.2 Å². The zero-order valence-corrected chi connectivity index (χ0v) is 13.5. The number of hydrogen-bond acceptors (Lipinski definition) is 1. The van der Waals surface area contributed by atoms with Gasteiger partial charge in [0, 0.05) is 50.2 Å². The van der Waals surface area contributed by atoms with E-state index in [1.54, 1.807) is 0 Å². The zero-order valence-electron chi connectivity index (χ0n) is 7.69. The van der Waals surface area contributed by atoms with Gasteiger partial charge < -0.3 is 11.8 Å². The van der Waals surface area contributed by atoms with Gasteiger partial charge in [0.05, 0.1) is 0 Å². The van der Waals surface area contributed by atoms with Crippen LogP contribution in [0.2, 0.25) is 0 Å². The predicted molar refractivity (Wildman–Crippen MR) is 45.2 cm³/mol. The van der Waals surface area contributed by atoms with Gasteiger partial charge in [-0.15, -0.1) is 0 Å². The molecule has 2 nitrogen and oxygen atoms in total. The second kappa shape index (κ2) is 6.87. The molecule has 0 aromatic carbocycles. The van der Waals surface area contributed by atoms with Crippen LogP contribution >= 0.6 is 0 Å². The quantitative estimate of drug-likeness (QED) is 0.597. The summed E-state index contributed by atoms with van der Waals surface area (Å²) in [6, 6.07) is 6.83. The summed E-state index contributed by atoms with van der Waals surface area (Å²) in [6.07, 6.45) is 3.82. The number of aryl methyl sites for hydroxylation is 1. The Morgan fingerprint density at radius 1 is 1.46 bits per heavy atom. The Bertz CT molecular complexity index is 359. The Hall–Kier alpha value is 0.482. The summed E-state index contributed by atoms with van der Waals surface area (Å²) in [5.74, 6) is 0. The van der Waals surface area contributed by atoms with Gasteiger partial charge in [0.25, 0.3) is 0 Å². The predicted octanol–water partition coefficient (Wildman–Crippen LogP) is 1.89. The molecular weight excluding hydrogens is 409 g/mol. The molecule has 0 aliphatic heterocycles. The van der Waals surface area contributed by atoms with Crippen LogP contribution in [0.15, 0.2) is 24.5 Å². The van der Waals surface area contributed by atoms with Crippen LogP contribution < -0.4 is 0 Å². The fourth-order valence-corrected chi connectivity index (χ4v) is 0.993. The SMILES string of the molecule is Cc1cnc2[c-]cccn12.[CH3-].[W+2].[Y]. The van der Waals surface area contributed by atoms with Crippen molar-refractivity contribution in [1.82, 2.24) is 9.38 Å². The van der Waals surface area contributed by atoms with E-state index in [4.69, 9.17) is 0 Å². The Labute approximate surface area is 118 Å². The van der Waals surface area contributed by atoms with Crippen LogP contribution in [0.25, 0.3) is 5.65 Å². The third-order valence-electron chi connectivity index (χ3n) is 1.53. The van der Waals surface area contributed by atoms with Gasteiger partial charge in [0.15, 0.2) is 0 Å². The topological polar surface area (TPSA) is 17.3 Å². The molecule has 2 rings (SSSR count). The van der Waals surface area contributed by atoms with Gasteiger partial charge in [-0.2, -0.15) is 6.07 Å². The van der Waals surface area contributed by atoms with Gasteiger partial charge in [-0.1, -0.05) is 6.20 Å². The van der Waals surface area contributed by atoms with Crippen molar-refractivity contribution < 1.29 is 53.8 Å². The van der Waals surface area contributed by atoms with E-state index in [1.165, 1.54) is 0 Å². The fourth-order valence-electron chi connectivity index (χ4n) is 0.993. The number of imidazole rings is 1. The average Bonchev–Trinajstić information content (AvgIpc) is 2.34. The van der Waals surface area contributed by atoms with Crippen LogP contribution in [0.3, 0.4) is 0 Å². The Morgan fingerprint density at radius 3 is 2.77 bits per heavy atom. The molecular formula is C9H10N2WY. The van der Waals surface area contributed by atoms with Crippen molar-refractivity contribution in [3.05, 3.63) is 43.7 Å². The molecule has 0 atom stereocenters. The maximum atomic E-state index is 4.13. The molecule has 2 aromatic rings. The number of hydrogen-bond donors (Lipinski definition) is 0. The van der Waals surface area contributed by atoms with E-state index in [0.717, 1.165) is 11.3 Å². The van der Waals surface area contributed by atoms with Crippen molar-refractivity contribution in [2.24, 2.45) is 0 Å². The van der Waals surface area contributed by atoms with Crippen molar-refractivity contribution in [2.75, 3.05) is 0 Å². The molecule has 0 aliphatic rings. The van der Waals surface area contributed by atoms with Crippen LogP contribution in [0.1, 0.15) is 5.69 Å². The van der Waals surface area contributed by atoms with E-state index in [1.807, 2.05) is 35.9 Å². The first-order valence-electron chi connectivity index (χ1n) is 3.18. The molecule has 0 fully saturated rings. The van der Waals surface area contributed by atoms with Crippen LogP contribution in [0, 0.1) is 20.4 Å². The van der Waals surface area contributed by atoms with Gasteiger partial charge in [0.1, 0.15) is 0 Å². The normalized spacial score (nSPS) is 8.08. The standard InChI is InChI=1S/C8H7N2.CH3.W.Y/c1-7-6-9-8-4-2-3-5-10(7)8;;;/h2-3,5-6H,1H3;1H3;;/q2*-1;+2;. The Kier molecular flexibility index (Phi) is 8.41. The molecule has 4 heteroatoms. The first kappa shape index (κ1) is 15.9. The fraction of sp³-hybridized carbons (Fsp3) is 0.111. The second-order valence-corrected chi connectivity index (χ2v) is 2.25.